The minimum Gasteiger partial charge on any atom is -0.469 e. The number of methoxy groups -OCH3 is 1. The van der Waals surface area contributed by atoms with Crippen LogP contribution in [0.25, 0.3) is 0 Å². The van der Waals surface area contributed by atoms with Crippen molar-refractivity contribution in [3.05, 3.63) is 0 Å². The van der Waals surface area contributed by atoms with E-state index in [1.165, 1.54) is 7.11 Å². The smallest absolute Gasteiger partial charge is 0.305 e. The van der Waals surface area contributed by atoms with E-state index in [0.29, 0.717) is 6.42 Å². The average molecular weight is 304 g/mol. The fraction of sp³-hybridized carbons (Fsp3) is 0.941. The van der Waals surface area contributed by atoms with Crippen LogP contribution in [0.3, 0.4) is 0 Å². The van der Waals surface area contributed by atoms with Gasteiger partial charge in [-0.05, 0) is 19.3 Å². The summed E-state index contributed by atoms with van der Waals surface area (Å²) in [4.78, 5) is 10.9. The van der Waals surface area contributed by atoms with Gasteiger partial charge in [-0.1, -0.05) is 47.5 Å². The number of ether oxygens (including phenoxy) is 3. The van der Waals surface area contributed by atoms with Gasteiger partial charge in [0.25, 0.3) is 0 Å². The number of hydrogen-bond donors (Lipinski definition) is 0. The maximum atomic E-state index is 10.9. The highest BCUT2D eigenvalue weighted by Crippen LogP contribution is 2.29. The average Bonchev–Trinajstić information content (AvgIpc) is 3.03. The Balaban J connectivity index is 0. The third kappa shape index (κ3) is 10.7. The molecule has 1 rings (SSSR count). The molecule has 0 aromatic rings. The van der Waals surface area contributed by atoms with E-state index in [1.807, 2.05) is 27.7 Å². The van der Waals surface area contributed by atoms with Crippen LogP contribution in [-0.4, -0.2) is 32.1 Å². The second kappa shape index (κ2) is 15.8. The van der Waals surface area contributed by atoms with Crippen molar-refractivity contribution in [1.29, 1.82) is 0 Å². The number of carbonyl (C=O) groups is 1. The van der Waals surface area contributed by atoms with E-state index in [9.17, 15) is 4.79 Å². The zero-order chi connectivity index (χ0) is 16.6. The fourth-order valence-electron chi connectivity index (χ4n) is 2.14. The van der Waals surface area contributed by atoms with Crippen LogP contribution in [0.5, 0.6) is 0 Å². The predicted molar refractivity (Wildman–Crippen MR) is 87.3 cm³/mol. The number of hydrogen-bond acceptors (Lipinski definition) is 4. The topological polar surface area (TPSA) is 44.8 Å². The van der Waals surface area contributed by atoms with E-state index in [4.69, 9.17) is 9.47 Å². The van der Waals surface area contributed by atoms with Crippen LogP contribution < -0.4 is 0 Å². The Morgan fingerprint density at radius 3 is 2.00 bits per heavy atom. The summed E-state index contributed by atoms with van der Waals surface area (Å²) < 4.78 is 15.9. The minimum atomic E-state index is -0.317. The van der Waals surface area contributed by atoms with Crippen molar-refractivity contribution in [1.82, 2.24) is 0 Å². The lowest BCUT2D eigenvalue weighted by molar-refractivity contribution is -0.164. The highest BCUT2D eigenvalue weighted by molar-refractivity contribution is 5.68. The highest BCUT2D eigenvalue weighted by Gasteiger charge is 2.33. The summed E-state index contributed by atoms with van der Waals surface area (Å²) >= 11 is 0. The van der Waals surface area contributed by atoms with Gasteiger partial charge in [0.05, 0.1) is 20.3 Å². The molecule has 0 aromatic heterocycles. The Morgan fingerprint density at radius 2 is 1.52 bits per heavy atom. The van der Waals surface area contributed by atoms with E-state index >= 15 is 0 Å². The molecule has 0 aliphatic carbocycles. The van der Waals surface area contributed by atoms with Gasteiger partial charge in [-0.2, -0.15) is 0 Å². The van der Waals surface area contributed by atoms with E-state index < -0.39 is 0 Å². The lowest BCUT2D eigenvalue weighted by atomic mass is 10.0. The number of carbonyl (C=O) groups excluding carboxylic acids is 1. The number of unbranched alkanes of at least 4 members (excludes halogenated alkanes) is 3. The van der Waals surface area contributed by atoms with Crippen LogP contribution in [0.4, 0.5) is 0 Å². The Labute approximate surface area is 131 Å². The zero-order valence-corrected chi connectivity index (χ0v) is 15.0. The van der Waals surface area contributed by atoms with Crippen LogP contribution in [0.2, 0.25) is 0 Å². The summed E-state index contributed by atoms with van der Waals surface area (Å²) in [5.41, 5.74) is 0. The van der Waals surface area contributed by atoms with Gasteiger partial charge in [0.1, 0.15) is 0 Å². The molecular formula is C17H36O4. The standard InChI is InChI=1S/C13H24O4.2C2H6/c1-3-13(16-10-11-17-13)9-7-5-4-6-8-12(14)15-2;2*1-2/h3-11H2,1-2H3;2*1-2H3. The summed E-state index contributed by atoms with van der Waals surface area (Å²) in [6.45, 7) is 11.5. The first-order chi connectivity index (χ1) is 10.2. The molecule has 0 aromatic carbocycles. The largest absolute Gasteiger partial charge is 0.469 e. The molecule has 128 valence electrons. The molecule has 0 N–H and O–H groups in total. The van der Waals surface area contributed by atoms with Crippen LogP contribution in [0, 0.1) is 0 Å². The van der Waals surface area contributed by atoms with Gasteiger partial charge in [0.2, 0.25) is 0 Å². The summed E-state index contributed by atoms with van der Waals surface area (Å²) in [5.74, 6) is -0.431. The fourth-order valence-corrected chi connectivity index (χ4v) is 2.14. The van der Waals surface area contributed by atoms with Crippen LogP contribution in [0.15, 0.2) is 0 Å². The first kappa shape index (κ1) is 22.7. The second-order valence-corrected chi connectivity index (χ2v) is 4.45. The lowest BCUT2D eigenvalue weighted by Gasteiger charge is -2.25. The Hall–Kier alpha value is -0.610. The van der Waals surface area contributed by atoms with Gasteiger partial charge >= 0.3 is 5.97 Å². The summed E-state index contributed by atoms with van der Waals surface area (Å²) in [7, 11) is 1.43. The third-order valence-corrected chi connectivity index (χ3v) is 3.27. The molecule has 0 atom stereocenters. The van der Waals surface area contributed by atoms with Crippen molar-refractivity contribution in [2.75, 3.05) is 20.3 Å². The molecule has 0 radical (unpaired) electrons. The van der Waals surface area contributed by atoms with Crippen molar-refractivity contribution < 1.29 is 19.0 Å². The maximum Gasteiger partial charge on any atom is 0.305 e. The molecule has 4 heteroatoms. The molecule has 4 nitrogen and oxygen atoms in total. The Kier molecular flexibility index (Phi) is 17.0. The molecule has 1 aliphatic rings. The molecule has 1 heterocycles. The summed E-state index contributed by atoms with van der Waals surface area (Å²) in [6, 6.07) is 0. The first-order valence-electron chi connectivity index (χ1n) is 8.57. The second-order valence-electron chi connectivity index (χ2n) is 4.45. The zero-order valence-electron chi connectivity index (χ0n) is 15.0. The van der Waals surface area contributed by atoms with Crippen LogP contribution >= 0.6 is 0 Å². The van der Waals surface area contributed by atoms with Crippen LogP contribution in [-0.2, 0) is 19.0 Å². The summed E-state index contributed by atoms with van der Waals surface area (Å²) in [6.07, 6.45) is 6.59. The molecular weight excluding hydrogens is 268 g/mol. The lowest BCUT2D eigenvalue weighted by Crippen LogP contribution is -2.28. The number of rotatable bonds is 8. The molecule has 21 heavy (non-hydrogen) atoms. The Morgan fingerprint density at radius 1 is 1.00 bits per heavy atom. The predicted octanol–water partition coefficient (Wildman–Crippen LogP) is 4.71. The van der Waals surface area contributed by atoms with E-state index in [0.717, 1.165) is 51.7 Å². The monoisotopic (exact) mass is 304 g/mol. The number of esters is 1. The van der Waals surface area contributed by atoms with Gasteiger partial charge in [0, 0.05) is 12.8 Å². The quantitative estimate of drug-likeness (QED) is 0.481. The normalized spacial score (nSPS) is 15.3. The molecule has 1 aliphatic heterocycles. The van der Waals surface area contributed by atoms with Crippen LogP contribution in [0.1, 0.15) is 79.6 Å². The van der Waals surface area contributed by atoms with Crippen molar-refractivity contribution in [2.45, 2.75) is 85.4 Å². The molecule has 0 unspecified atom stereocenters. The Bertz CT molecular complexity index is 223. The van der Waals surface area contributed by atoms with Gasteiger partial charge in [-0.3, -0.25) is 4.79 Å². The van der Waals surface area contributed by atoms with Crippen molar-refractivity contribution in [2.24, 2.45) is 0 Å². The molecule has 0 bridgehead atoms. The SMILES string of the molecule is CC.CC.CCC1(CCCCCCC(=O)OC)OCCO1. The van der Waals surface area contributed by atoms with Gasteiger partial charge in [-0.15, -0.1) is 0 Å². The minimum absolute atomic E-state index is 0.113. The van der Waals surface area contributed by atoms with E-state index in [2.05, 4.69) is 11.7 Å². The molecule has 0 spiro atoms. The molecule has 0 amide bonds. The third-order valence-electron chi connectivity index (χ3n) is 3.27. The van der Waals surface area contributed by atoms with E-state index in [1.54, 1.807) is 0 Å². The maximum absolute atomic E-state index is 10.9. The summed E-state index contributed by atoms with van der Waals surface area (Å²) in [5, 5.41) is 0. The van der Waals surface area contributed by atoms with Gasteiger partial charge in [0.15, 0.2) is 5.79 Å². The molecule has 1 saturated heterocycles. The molecule has 0 saturated carbocycles. The van der Waals surface area contributed by atoms with Crippen molar-refractivity contribution in [3.63, 3.8) is 0 Å². The van der Waals surface area contributed by atoms with Crippen molar-refractivity contribution >= 4 is 5.97 Å². The highest BCUT2D eigenvalue weighted by atomic mass is 16.7. The van der Waals surface area contributed by atoms with Gasteiger partial charge < -0.3 is 14.2 Å². The van der Waals surface area contributed by atoms with E-state index in [-0.39, 0.29) is 11.8 Å². The first-order valence-corrected chi connectivity index (χ1v) is 8.57. The van der Waals surface area contributed by atoms with Gasteiger partial charge in [-0.25, -0.2) is 0 Å². The van der Waals surface area contributed by atoms with Crippen molar-refractivity contribution in [3.8, 4) is 0 Å². The molecule has 1 fully saturated rings.